The second-order valence-corrected chi connectivity index (χ2v) is 5.75. The predicted molar refractivity (Wildman–Crippen MR) is 89.0 cm³/mol. The molecule has 116 valence electrons. The summed E-state index contributed by atoms with van der Waals surface area (Å²) in [5.41, 5.74) is 2.69. The summed E-state index contributed by atoms with van der Waals surface area (Å²) >= 11 is 0. The molecule has 1 atom stereocenters. The molecule has 0 saturated carbocycles. The average molecular weight is 298 g/mol. The molecule has 0 radical (unpaired) electrons. The van der Waals surface area contributed by atoms with Crippen LogP contribution in [0.5, 0.6) is 0 Å². The fourth-order valence-corrected chi connectivity index (χ4v) is 2.15. The first-order valence-electron chi connectivity index (χ1n) is 7.28. The average Bonchev–Trinajstić information content (AvgIpc) is 2.50. The maximum absolute atomic E-state index is 12.0. The maximum Gasteiger partial charge on any atom is 0.319 e. The van der Waals surface area contributed by atoms with Crippen molar-refractivity contribution in [1.82, 2.24) is 5.32 Å². The van der Waals surface area contributed by atoms with Crippen LogP contribution in [0.1, 0.15) is 23.6 Å². The van der Waals surface area contributed by atoms with E-state index in [1.54, 1.807) is 6.92 Å². The van der Waals surface area contributed by atoms with E-state index < -0.39 is 5.60 Å². The first-order valence-corrected chi connectivity index (χ1v) is 7.28. The standard InChI is InChI=1S/C18H22N2O2/c1-13-9-10-16(11-14(13)2)20-17(21)19-12-18(3,22)15-7-5-4-6-8-15/h4-11,22H,12H2,1-3H3,(H2,19,20,21)/t18-/m1/s1. The predicted octanol–water partition coefficient (Wildman–Crippen LogP) is 3.33. The van der Waals surface area contributed by atoms with E-state index in [1.807, 2.05) is 62.4 Å². The molecule has 2 aromatic rings. The van der Waals surface area contributed by atoms with Gasteiger partial charge in [-0.05, 0) is 49.6 Å². The lowest BCUT2D eigenvalue weighted by Crippen LogP contribution is -2.40. The van der Waals surface area contributed by atoms with E-state index in [0.717, 1.165) is 16.8 Å². The lowest BCUT2D eigenvalue weighted by Gasteiger charge is -2.24. The Kier molecular flexibility index (Phi) is 4.83. The van der Waals surface area contributed by atoms with Crippen LogP contribution in [-0.2, 0) is 5.60 Å². The molecular formula is C18H22N2O2. The smallest absolute Gasteiger partial charge is 0.319 e. The molecule has 3 N–H and O–H groups in total. The van der Waals surface area contributed by atoms with Gasteiger partial charge in [-0.2, -0.15) is 0 Å². The SMILES string of the molecule is Cc1ccc(NC(=O)NC[C@@](C)(O)c2ccccc2)cc1C. The first kappa shape index (κ1) is 16.0. The maximum atomic E-state index is 12.0. The largest absolute Gasteiger partial charge is 0.384 e. The highest BCUT2D eigenvalue weighted by Gasteiger charge is 2.23. The zero-order valence-corrected chi connectivity index (χ0v) is 13.2. The summed E-state index contributed by atoms with van der Waals surface area (Å²) in [5, 5.41) is 15.9. The van der Waals surface area contributed by atoms with Crippen molar-refractivity contribution < 1.29 is 9.90 Å². The summed E-state index contributed by atoms with van der Waals surface area (Å²) in [6, 6.07) is 14.7. The van der Waals surface area contributed by atoms with Gasteiger partial charge in [-0.1, -0.05) is 36.4 Å². The van der Waals surface area contributed by atoms with Crippen molar-refractivity contribution in [2.75, 3.05) is 11.9 Å². The quantitative estimate of drug-likeness (QED) is 0.810. The van der Waals surface area contributed by atoms with Gasteiger partial charge in [0.25, 0.3) is 0 Å². The van der Waals surface area contributed by atoms with Gasteiger partial charge in [0.05, 0.1) is 6.54 Å². The van der Waals surface area contributed by atoms with Crippen molar-refractivity contribution in [3.8, 4) is 0 Å². The Morgan fingerprint density at radius 2 is 1.77 bits per heavy atom. The second kappa shape index (κ2) is 6.62. The number of aliphatic hydroxyl groups is 1. The normalized spacial score (nSPS) is 13.3. The number of nitrogens with one attached hydrogen (secondary N) is 2. The number of benzene rings is 2. The van der Waals surface area contributed by atoms with Gasteiger partial charge in [-0.25, -0.2) is 4.79 Å². The summed E-state index contributed by atoms with van der Waals surface area (Å²) in [5.74, 6) is 0. The first-order chi connectivity index (χ1) is 10.4. The molecular weight excluding hydrogens is 276 g/mol. The van der Waals surface area contributed by atoms with Crippen LogP contribution in [0.2, 0.25) is 0 Å². The fraction of sp³-hybridized carbons (Fsp3) is 0.278. The molecule has 0 fully saturated rings. The third-order valence-corrected chi connectivity index (χ3v) is 3.75. The number of carbonyl (C=O) groups is 1. The Morgan fingerprint density at radius 3 is 2.41 bits per heavy atom. The molecule has 0 aromatic heterocycles. The lowest BCUT2D eigenvalue weighted by atomic mass is 9.96. The Hall–Kier alpha value is -2.33. The number of urea groups is 1. The van der Waals surface area contributed by atoms with Crippen LogP contribution in [0.3, 0.4) is 0 Å². The van der Waals surface area contributed by atoms with Crippen LogP contribution >= 0.6 is 0 Å². The third kappa shape index (κ3) is 4.09. The van der Waals surface area contributed by atoms with Crippen molar-refractivity contribution in [2.24, 2.45) is 0 Å². The third-order valence-electron chi connectivity index (χ3n) is 3.75. The highest BCUT2D eigenvalue weighted by Crippen LogP contribution is 2.19. The minimum absolute atomic E-state index is 0.133. The second-order valence-electron chi connectivity index (χ2n) is 5.75. The van der Waals surface area contributed by atoms with Crippen molar-refractivity contribution in [3.63, 3.8) is 0 Å². The molecule has 0 heterocycles. The molecule has 2 aromatic carbocycles. The fourth-order valence-electron chi connectivity index (χ4n) is 2.15. The number of hydrogen-bond donors (Lipinski definition) is 3. The van der Waals surface area contributed by atoms with Gasteiger partial charge in [-0.3, -0.25) is 0 Å². The summed E-state index contributed by atoms with van der Waals surface area (Å²) in [6.45, 7) is 5.83. The summed E-state index contributed by atoms with van der Waals surface area (Å²) < 4.78 is 0. The zero-order chi connectivity index (χ0) is 16.2. The summed E-state index contributed by atoms with van der Waals surface area (Å²) in [7, 11) is 0. The molecule has 0 bridgehead atoms. The molecule has 0 spiro atoms. The van der Waals surface area contributed by atoms with E-state index >= 15 is 0 Å². The summed E-state index contributed by atoms with van der Waals surface area (Å²) in [4.78, 5) is 12.0. The van der Waals surface area contributed by atoms with Gasteiger partial charge in [-0.15, -0.1) is 0 Å². The van der Waals surface area contributed by atoms with Crippen LogP contribution in [0.25, 0.3) is 0 Å². The highest BCUT2D eigenvalue weighted by molar-refractivity contribution is 5.89. The van der Waals surface area contributed by atoms with E-state index in [9.17, 15) is 9.90 Å². The molecule has 2 rings (SSSR count). The van der Waals surface area contributed by atoms with E-state index in [1.165, 1.54) is 5.56 Å². The number of amides is 2. The number of carbonyl (C=O) groups excluding carboxylic acids is 1. The molecule has 0 aliphatic rings. The van der Waals surface area contributed by atoms with E-state index in [2.05, 4.69) is 10.6 Å². The highest BCUT2D eigenvalue weighted by atomic mass is 16.3. The zero-order valence-electron chi connectivity index (χ0n) is 13.2. The van der Waals surface area contributed by atoms with Crippen molar-refractivity contribution in [2.45, 2.75) is 26.4 Å². The minimum Gasteiger partial charge on any atom is -0.384 e. The van der Waals surface area contributed by atoms with Crippen molar-refractivity contribution >= 4 is 11.7 Å². The molecule has 4 heteroatoms. The van der Waals surface area contributed by atoms with Crippen LogP contribution in [0, 0.1) is 13.8 Å². The van der Waals surface area contributed by atoms with Gasteiger partial charge in [0, 0.05) is 5.69 Å². The topological polar surface area (TPSA) is 61.4 Å². The molecule has 22 heavy (non-hydrogen) atoms. The van der Waals surface area contributed by atoms with E-state index in [4.69, 9.17) is 0 Å². The van der Waals surface area contributed by atoms with Gasteiger partial charge < -0.3 is 15.7 Å². The minimum atomic E-state index is -1.11. The molecule has 0 aliphatic carbocycles. The Labute approximate surface area is 131 Å². The Balaban J connectivity index is 1.93. The number of aryl methyl sites for hydroxylation is 2. The lowest BCUT2D eigenvalue weighted by molar-refractivity contribution is 0.0599. The molecule has 4 nitrogen and oxygen atoms in total. The van der Waals surface area contributed by atoms with Crippen LogP contribution in [0.4, 0.5) is 10.5 Å². The van der Waals surface area contributed by atoms with Gasteiger partial charge in [0.1, 0.15) is 5.60 Å². The van der Waals surface area contributed by atoms with Crippen molar-refractivity contribution in [3.05, 3.63) is 65.2 Å². The number of rotatable bonds is 4. The van der Waals surface area contributed by atoms with Crippen molar-refractivity contribution in [1.29, 1.82) is 0 Å². The molecule has 0 saturated heterocycles. The van der Waals surface area contributed by atoms with E-state index in [0.29, 0.717) is 0 Å². The Bertz CT molecular complexity index is 651. The van der Waals surface area contributed by atoms with E-state index in [-0.39, 0.29) is 12.6 Å². The number of hydrogen-bond acceptors (Lipinski definition) is 2. The monoisotopic (exact) mass is 298 g/mol. The van der Waals surface area contributed by atoms with Gasteiger partial charge >= 0.3 is 6.03 Å². The molecule has 0 aliphatic heterocycles. The Morgan fingerprint density at radius 1 is 1.09 bits per heavy atom. The van der Waals surface area contributed by atoms with Gasteiger partial charge in [0.2, 0.25) is 0 Å². The van der Waals surface area contributed by atoms with Crippen LogP contribution in [-0.4, -0.2) is 17.7 Å². The van der Waals surface area contributed by atoms with Gasteiger partial charge in [0.15, 0.2) is 0 Å². The van der Waals surface area contributed by atoms with Crippen LogP contribution < -0.4 is 10.6 Å². The molecule has 0 unspecified atom stereocenters. The van der Waals surface area contributed by atoms with Crippen LogP contribution in [0.15, 0.2) is 48.5 Å². The summed E-state index contributed by atoms with van der Waals surface area (Å²) in [6.07, 6.45) is 0. The number of anilines is 1. The molecule has 2 amide bonds.